The number of hydrogen-bond acceptors (Lipinski definition) is 22. The lowest BCUT2D eigenvalue weighted by Crippen LogP contribution is -2.89. The van der Waals surface area contributed by atoms with Gasteiger partial charge >= 0.3 is 35.9 Å². The van der Waals surface area contributed by atoms with Crippen molar-refractivity contribution in [3.63, 3.8) is 0 Å². The number of rotatable bonds is 27. The molecule has 0 radical (unpaired) electrons. The quantitative estimate of drug-likeness (QED) is 0.0163. The van der Waals surface area contributed by atoms with Crippen molar-refractivity contribution in [1.29, 1.82) is 0 Å². The van der Waals surface area contributed by atoms with Gasteiger partial charge in [0.15, 0.2) is 25.1 Å². The number of carbonyl (C=O) groups is 5. The Labute approximate surface area is 602 Å². The third kappa shape index (κ3) is 17.8. The molecule has 5 aromatic rings. The number of alkyl halides is 3. The van der Waals surface area contributed by atoms with Crippen LogP contribution in [-0.2, 0) is 105 Å². The summed E-state index contributed by atoms with van der Waals surface area (Å²) < 4.78 is 110. The van der Waals surface area contributed by atoms with Gasteiger partial charge in [0.25, 0.3) is 17.5 Å². The zero-order valence-electron chi connectivity index (χ0n) is 57.5. The maximum Gasteiger partial charge on any atom is 0.411 e. The van der Waals surface area contributed by atoms with Gasteiger partial charge in [0.05, 0.1) is 64.8 Å². The normalized spacial score (nSPS) is 28.9. The molecule has 28 heteroatoms. The molecule has 542 valence electrons. The van der Waals surface area contributed by atoms with E-state index in [-0.39, 0.29) is 44.8 Å². The molecule has 5 aliphatic rings. The maximum absolute atomic E-state index is 16.5. The lowest BCUT2D eigenvalue weighted by atomic mass is 9.77. The smallest absolute Gasteiger partial charge is 0.411 e. The number of carbonyl (C=O) groups excluding carboxylic acids is 5. The van der Waals surface area contributed by atoms with Crippen molar-refractivity contribution in [2.24, 2.45) is 0 Å². The molecule has 2 amide bonds. The minimum atomic E-state index is -4.04. The van der Waals surface area contributed by atoms with Gasteiger partial charge in [0, 0.05) is 18.2 Å². The molecule has 2 N–H and O–H groups in total. The van der Waals surface area contributed by atoms with Crippen LogP contribution in [0.25, 0.3) is 0 Å². The molecule has 10 rings (SSSR count). The second kappa shape index (κ2) is 32.0. The molecule has 5 heterocycles. The van der Waals surface area contributed by atoms with Crippen LogP contribution in [0.4, 0.5) is 9.59 Å². The van der Waals surface area contributed by atoms with E-state index in [4.69, 9.17) is 110 Å². The molecule has 0 spiro atoms. The van der Waals surface area contributed by atoms with E-state index in [0.29, 0.717) is 22.4 Å². The van der Waals surface area contributed by atoms with Crippen LogP contribution in [0.2, 0.25) is 18.1 Å². The van der Waals surface area contributed by atoms with E-state index < -0.39 is 157 Å². The highest BCUT2D eigenvalue weighted by atomic mass is 35.6. The largest absolute Gasteiger partial charge is 0.465 e. The third-order valence-corrected chi connectivity index (χ3v) is 24.0. The Hall–Kier alpha value is -5.95. The number of esters is 3. The van der Waals surface area contributed by atoms with Crippen LogP contribution in [0.1, 0.15) is 99.8 Å². The van der Waals surface area contributed by atoms with Crippen molar-refractivity contribution in [1.82, 2.24) is 10.6 Å². The Morgan fingerprint density at radius 1 is 0.740 bits per heavy atom. The van der Waals surface area contributed by atoms with Crippen molar-refractivity contribution >= 4 is 85.0 Å². The highest BCUT2D eigenvalue weighted by Crippen LogP contribution is 2.62. The Bertz CT molecular complexity index is 3580. The molecule has 0 bridgehead atoms. The van der Waals surface area contributed by atoms with Crippen LogP contribution in [0.3, 0.4) is 0 Å². The van der Waals surface area contributed by atoms with Crippen molar-refractivity contribution < 1.29 is 99.5 Å². The number of benzene rings is 5. The first kappa shape index (κ1) is 76.7. The Morgan fingerprint density at radius 3 is 1.91 bits per heavy atom. The molecule has 5 aliphatic heterocycles. The van der Waals surface area contributed by atoms with E-state index in [0.717, 1.165) is 36.9 Å². The van der Waals surface area contributed by atoms with Gasteiger partial charge in [0.1, 0.15) is 43.7 Å². The molecular weight excluding hydrogens is 1400 g/mol. The lowest BCUT2D eigenvalue weighted by molar-refractivity contribution is -0.530. The molecule has 1 unspecified atom stereocenters. The molecule has 0 aromatic heterocycles. The van der Waals surface area contributed by atoms with E-state index in [9.17, 15) is 14.4 Å². The average molecular weight is 1480 g/mol. The summed E-state index contributed by atoms with van der Waals surface area (Å²) in [6.45, 7) is 12.7. The summed E-state index contributed by atoms with van der Waals surface area (Å²) in [7, 11) is -2.95. The summed E-state index contributed by atoms with van der Waals surface area (Å²) in [5, 5.41) is 4.70. The third-order valence-electron chi connectivity index (χ3n) is 18.1. The van der Waals surface area contributed by atoms with Crippen molar-refractivity contribution in [2.75, 3.05) is 40.1 Å². The highest BCUT2D eigenvalue weighted by molar-refractivity contribution is 7.99. The van der Waals surface area contributed by atoms with Crippen LogP contribution in [0.15, 0.2) is 150 Å². The van der Waals surface area contributed by atoms with Gasteiger partial charge in [-0.1, -0.05) is 194 Å². The number of nitrogens with one attached hydrogen (secondary N) is 2. The van der Waals surface area contributed by atoms with Gasteiger partial charge in [-0.25, -0.2) is 19.2 Å². The molecule has 5 fully saturated rings. The number of amides is 2. The number of hydrogen-bond donors (Lipinski definition) is 2. The van der Waals surface area contributed by atoms with Gasteiger partial charge < -0.3 is 76.1 Å². The van der Waals surface area contributed by atoms with Crippen molar-refractivity contribution in [3.05, 3.63) is 173 Å². The Morgan fingerprint density at radius 2 is 1.34 bits per heavy atom. The number of alkyl carbamates (subject to hydrolysis) is 2. The number of ether oxygens (including phenoxy) is 15. The minimum Gasteiger partial charge on any atom is -0.465 e. The number of fused-ring (bicyclic) bond motifs is 1. The lowest BCUT2D eigenvalue weighted by Gasteiger charge is -2.67. The van der Waals surface area contributed by atoms with Crippen LogP contribution < -0.4 is 10.6 Å². The fraction of sp³-hybridized carbons (Fsp3) is 0.514. The molecular formula is C72H87Cl3N2O21SSi. The molecule has 23 nitrogen and oxygen atoms in total. The molecule has 100 heavy (non-hydrogen) atoms. The van der Waals surface area contributed by atoms with E-state index in [1.807, 2.05) is 126 Å². The summed E-state index contributed by atoms with van der Waals surface area (Å²) in [4.78, 5) is 76.6. The first-order valence-corrected chi connectivity index (χ1v) is 37.9. The number of aryl methyl sites for hydroxylation is 1. The standard InChI is InChI=1S/C72H87Cl3N2O21SSi/c1-47-33-35-53(36-34-47)99-62-71(89-42-51-29-19-13-20-30-51,95-60(79)52-31-21-14-22-32-52)72(98-100(9,10)65(3,4)5,97-68(61(80)83-8)39-54-57(76-63(81)90-54)59(94-68)58-55(92-66(6,7)93-58)43-84-40-49-25-15-11-16-26-49)67(45-86-48(2)78,56(91-62)44-85-41-50-27-17-12-18-28-50)96-70(37-23-24-38-88-70)77-64(82)87-46-69(73,74)75/h11-22,25-36,54-59,62H,23-24,37-46H2,1-10H3,(H,76,81)(H,77,82)/t54-,55+,56+,57+,58+,59+,62-,67-,68-,70?,71-,72-/m0/s1. The van der Waals surface area contributed by atoms with Crippen molar-refractivity contribution in [3.8, 4) is 0 Å². The van der Waals surface area contributed by atoms with E-state index >= 15 is 9.59 Å². The van der Waals surface area contributed by atoms with Gasteiger partial charge in [-0.2, -0.15) is 0 Å². The Kier molecular flexibility index (Phi) is 24.5. The first-order valence-electron chi connectivity index (χ1n) is 33.0. The summed E-state index contributed by atoms with van der Waals surface area (Å²) in [5.41, 5.74) is -1.95. The van der Waals surface area contributed by atoms with Crippen molar-refractivity contribution in [2.45, 2.75) is 197 Å². The fourth-order valence-electron chi connectivity index (χ4n) is 12.3. The zero-order chi connectivity index (χ0) is 71.8. The summed E-state index contributed by atoms with van der Waals surface area (Å²) >= 11 is 19.7. The summed E-state index contributed by atoms with van der Waals surface area (Å²) in [6.07, 6.45) is -9.54. The van der Waals surface area contributed by atoms with Gasteiger partial charge in [0.2, 0.25) is 3.79 Å². The monoisotopic (exact) mass is 1480 g/mol. The minimum absolute atomic E-state index is 0.0410. The Balaban J connectivity index is 1.35. The van der Waals surface area contributed by atoms with Crippen LogP contribution in [0, 0.1) is 6.92 Å². The number of methoxy groups -OCH3 is 1. The second-order valence-electron chi connectivity index (χ2n) is 27.1. The molecule has 0 saturated carbocycles. The van der Waals surface area contributed by atoms with Crippen LogP contribution >= 0.6 is 46.6 Å². The van der Waals surface area contributed by atoms with E-state index in [1.54, 1.807) is 62.4 Å². The topological polar surface area (TPSA) is 257 Å². The second-order valence-corrected chi connectivity index (χ2v) is 35.5. The number of thioether (sulfide) groups is 1. The summed E-state index contributed by atoms with van der Waals surface area (Å²) in [5.74, 6) is -16.8. The summed E-state index contributed by atoms with van der Waals surface area (Å²) in [6, 6.07) is 41.7. The molecule has 5 saturated heterocycles. The highest BCUT2D eigenvalue weighted by Gasteiger charge is 2.85. The van der Waals surface area contributed by atoms with Crippen LogP contribution in [0.5, 0.6) is 0 Å². The van der Waals surface area contributed by atoms with Gasteiger partial charge in [-0.15, -0.1) is 0 Å². The zero-order valence-corrected chi connectivity index (χ0v) is 61.6. The number of halogens is 3. The van der Waals surface area contributed by atoms with E-state index in [2.05, 4.69) is 10.6 Å². The molecule has 12 atom stereocenters. The maximum atomic E-state index is 16.5. The van der Waals surface area contributed by atoms with Crippen LogP contribution in [-0.4, -0.2) is 159 Å². The predicted molar refractivity (Wildman–Crippen MR) is 369 cm³/mol. The molecule has 5 aromatic carbocycles. The molecule has 0 aliphatic carbocycles. The van der Waals surface area contributed by atoms with E-state index in [1.165, 1.54) is 12.1 Å². The SMILES string of the molecule is COC(=O)[C@@]1(O[C@@]2(O[Si](C)(C)C(C)(C)C)[C@@](OCc3ccccc3)(OC(=O)c3ccccc3)[C@H](Sc3ccc(C)cc3)O[C@H](COCc3ccccc3)[C@]2(COC(C)=O)OC2(NC(=O)OCC(Cl)(Cl)Cl)CCCCO2)C[C@@H]2OC(=O)N[C@H]2[C@H]([C@@H]2OC(C)(C)O[C@@H]2COCc2ccccc2)O1. The fourth-order valence-corrected chi connectivity index (χ4v) is 15.0. The van der Waals surface area contributed by atoms with Gasteiger partial charge in [-0.3, -0.25) is 14.8 Å². The first-order chi connectivity index (χ1) is 47.4. The predicted octanol–water partition coefficient (Wildman–Crippen LogP) is 12.7. The average Bonchev–Trinajstić information content (AvgIpc) is 1.25. The van der Waals surface area contributed by atoms with Gasteiger partial charge in [-0.05, 0) is 92.7 Å².